The van der Waals surface area contributed by atoms with Crippen molar-refractivity contribution in [2.24, 2.45) is 0 Å². The number of methoxy groups -OCH3 is 1. The Balaban J connectivity index is 1.81. The summed E-state index contributed by atoms with van der Waals surface area (Å²) in [6, 6.07) is 6.53. The maximum absolute atomic E-state index is 5.10. The van der Waals surface area contributed by atoms with E-state index in [1.54, 1.807) is 7.11 Å². The molecule has 4 heteroatoms. The Bertz CT molecular complexity index is 577. The van der Waals surface area contributed by atoms with E-state index in [1.807, 2.05) is 12.5 Å². The Morgan fingerprint density at radius 3 is 3.20 bits per heavy atom. The predicted molar refractivity (Wildman–Crippen MR) is 81.0 cm³/mol. The standard InChI is InChI=1S/C16H21N3O/c1-20-10-3-2-9-19-12-17-11-15(19)14-6-4-5-13-7-8-18-16(13)14/h4-6,11-12,18H,2-3,7-10H2,1H3. The highest BCUT2D eigenvalue weighted by atomic mass is 16.5. The van der Waals surface area contributed by atoms with Gasteiger partial charge in [0.1, 0.15) is 0 Å². The number of nitrogens with zero attached hydrogens (tertiary/aromatic N) is 2. The van der Waals surface area contributed by atoms with E-state index < -0.39 is 0 Å². The summed E-state index contributed by atoms with van der Waals surface area (Å²) < 4.78 is 7.34. The number of aryl methyl sites for hydroxylation is 1. The average Bonchev–Trinajstić information content (AvgIpc) is 3.11. The first-order chi connectivity index (χ1) is 9.90. The number of rotatable bonds is 6. The fourth-order valence-electron chi connectivity index (χ4n) is 2.80. The van der Waals surface area contributed by atoms with E-state index in [1.165, 1.54) is 22.5 Å². The van der Waals surface area contributed by atoms with Crippen molar-refractivity contribution in [2.75, 3.05) is 25.6 Å². The van der Waals surface area contributed by atoms with E-state index in [4.69, 9.17) is 4.74 Å². The van der Waals surface area contributed by atoms with Gasteiger partial charge >= 0.3 is 0 Å². The number of fused-ring (bicyclic) bond motifs is 1. The first kappa shape index (κ1) is 13.2. The molecule has 20 heavy (non-hydrogen) atoms. The summed E-state index contributed by atoms with van der Waals surface area (Å²) >= 11 is 0. The van der Waals surface area contributed by atoms with Gasteiger partial charge in [0.05, 0.1) is 18.2 Å². The summed E-state index contributed by atoms with van der Waals surface area (Å²) in [5, 5.41) is 3.50. The number of para-hydroxylation sites is 1. The maximum Gasteiger partial charge on any atom is 0.0950 e. The highest BCUT2D eigenvalue weighted by Gasteiger charge is 2.16. The quantitative estimate of drug-likeness (QED) is 0.821. The van der Waals surface area contributed by atoms with Crippen molar-refractivity contribution in [3.8, 4) is 11.3 Å². The third-order valence-electron chi connectivity index (χ3n) is 3.83. The molecule has 0 saturated carbocycles. The van der Waals surface area contributed by atoms with Crippen LogP contribution < -0.4 is 5.32 Å². The molecule has 0 radical (unpaired) electrons. The van der Waals surface area contributed by atoms with Gasteiger partial charge in [0, 0.05) is 38.1 Å². The van der Waals surface area contributed by atoms with Crippen molar-refractivity contribution in [1.82, 2.24) is 9.55 Å². The molecule has 1 aliphatic heterocycles. The molecular weight excluding hydrogens is 250 g/mol. The van der Waals surface area contributed by atoms with Gasteiger partial charge in [-0.3, -0.25) is 0 Å². The molecule has 3 rings (SSSR count). The van der Waals surface area contributed by atoms with E-state index in [2.05, 4.69) is 33.1 Å². The molecule has 1 N–H and O–H groups in total. The molecule has 2 heterocycles. The van der Waals surface area contributed by atoms with Crippen LogP contribution in [-0.2, 0) is 17.7 Å². The lowest BCUT2D eigenvalue weighted by atomic mass is 10.1. The molecule has 0 fully saturated rings. The first-order valence-electron chi connectivity index (χ1n) is 7.25. The summed E-state index contributed by atoms with van der Waals surface area (Å²) in [6.07, 6.45) is 7.20. The molecule has 1 aromatic heterocycles. The van der Waals surface area contributed by atoms with Crippen LogP contribution in [0.1, 0.15) is 18.4 Å². The fraction of sp³-hybridized carbons (Fsp3) is 0.438. The van der Waals surface area contributed by atoms with Gasteiger partial charge in [-0.05, 0) is 24.8 Å². The first-order valence-corrected chi connectivity index (χ1v) is 7.25. The molecule has 1 aliphatic rings. The van der Waals surface area contributed by atoms with Crippen molar-refractivity contribution in [3.05, 3.63) is 36.3 Å². The predicted octanol–water partition coefficient (Wildman–Crippen LogP) is 2.94. The van der Waals surface area contributed by atoms with Gasteiger partial charge in [-0.2, -0.15) is 0 Å². The van der Waals surface area contributed by atoms with Gasteiger partial charge in [-0.1, -0.05) is 18.2 Å². The topological polar surface area (TPSA) is 39.1 Å². The minimum absolute atomic E-state index is 0.826. The number of aromatic nitrogens is 2. The summed E-state index contributed by atoms with van der Waals surface area (Å²) in [5.74, 6) is 0. The number of nitrogens with one attached hydrogen (secondary N) is 1. The van der Waals surface area contributed by atoms with Crippen LogP contribution >= 0.6 is 0 Å². The van der Waals surface area contributed by atoms with Crippen LogP contribution in [0.5, 0.6) is 0 Å². The zero-order valence-corrected chi connectivity index (χ0v) is 11.9. The molecule has 0 aliphatic carbocycles. The molecular formula is C16H21N3O. The Hall–Kier alpha value is -1.81. The van der Waals surface area contributed by atoms with Gasteiger partial charge in [0.25, 0.3) is 0 Å². The number of hydrogen-bond acceptors (Lipinski definition) is 3. The molecule has 0 spiro atoms. The van der Waals surface area contributed by atoms with Crippen LogP contribution in [0.3, 0.4) is 0 Å². The second-order valence-corrected chi connectivity index (χ2v) is 5.19. The van der Waals surface area contributed by atoms with Crippen LogP contribution in [0.4, 0.5) is 5.69 Å². The van der Waals surface area contributed by atoms with Crippen molar-refractivity contribution in [3.63, 3.8) is 0 Å². The van der Waals surface area contributed by atoms with E-state index in [0.29, 0.717) is 0 Å². The Morgan fingerprint density at radius 1 is 1.35 bits per heavy atom. The lowest BCUT2D eigenvalue weighted by Crippen LogP contribution is -2.02. The number of unbranched alkanes of at least 4 members (excludes halogenated alkanes) is 1. The second kappa shape index (κ2) is 6.09. The number of ether oxygens (including phenoxy) is 1. The SMILES string of the molecule is COCCCCn1cncc1-c1cccc2c1NCC2. The van der Waals surface area contributed by atoms with Crippen molar-refractivity contribution >= 4 is 5.69 Å². The summed E-state index contributed by atoms with van der Waals surface area (Å²) in [5.41, 5.74) is 5.17. The van der Waals surface area contributed by atoms with Crippen LogP contribution in [0.2, 0.25) is 0 Å². The van der Waals surface area contributed by atoms with Crippen molar-refractivity contribution < 1.29 is 4.74 Å². The Kier molecular flexibility index (Phi) is 4.02. The molecule has 0 saturated heterocycles. The normalized spacial score (nSPS) is 13.2. The smallest absolute Gasteiger partial charge is 0.0950 e. The lowest BCUT2D eigenvalue weighted by molar-refractivity contribution is 0.191. The monoisotopic (exact) mass is 271 g/mol. The minimum Gasteiger partial charge on any atom is -0.385 e. The maximum atomic E-state index is 5.10. The van der Waals surface area contributed by atoms with Crippen LogP contribution in [0.25, 0.3) is 11.3 Å². The summed E-state index contributed by atoms with van der Waals surface area (Å²) in [4.78, 5) is 4.33. The molecule has 0 bridgehead atoms. The highest BCUT2D eigenvalue weighted by Crippen LogP contribution is 2.34. The van der Waals surface area contributed by atoms with Crippen molar-refractivity contribution in [2.45, 2.75) is 25.8 Å². The average molecular weight is 271 g/mol. The Morgan fingerprint density at radius 2 is 2.30 bits per heavy atom. The van der Waals surface area contributed by atoms with Crippen LogP contribution in [-0.4, -0.2) is 29.8 Å². The van der Waals surface area contributed by atoms with E-state index in [9.17, 15) is 0 Å². The third-order valence-corrected chi connectivity index (χ3v) is 3.83. The zero-order valence-electron chi connectivity index (χ0n) is 11.9. The van der Waals surface area contributed by atoms with Gasteiger partial charge in [0.2, 0.25) is 0 Å². The number of hydrogen-bond donors (Lipinski definition) is 1. The van der Waals surface area contributed by atoms with E-state index in [-0.39, 0.29) is 0 Å². The van der Waals surface area contributed by atoms with Crippen LogP contribution in [0, 0.1) is 0 Å². The van der Waals surface area contributed by atoms with Gasteiger partial charge in [-0.25, -0.2) is 4.98 Å². The molecule has 0 unspecified atom stereocenters. The second-order valence-electron chi connectivity index (χ2n) is 5.19. The molecule has 1 aromatic carbocycles. The van der Waals surface area contributed by atoms with Gasteiger partial charge < -0.3 is 14.6 Å². The van der Waals surface area contributed by atoms with Crippen LogP contribution in [0.15, 0.2) is 30.7 Å². The molecule has 106 valence electrons. The number of imidazole rings is 1. The number of anilines is 1. The fourth-order valence-corrected chi connectivity index (χ4v) is 2.80. The highest BCUT2D eigenvalue weighted by molar-refractivity contribution is 5.79. The zero-order chi connectivity index (χ0) is 13.8. The van der Waals surface area contributed by atoms with Crippen molar-refractivity contribution in [1.29, 1.82) is 0 Å². The number of benzene rings is 1. The van der Waals surface area contributed by atoms with E-state index >= 15 is 0 Å². The lowest BCUT2D eigenvalue weighted by Gasteiger charge is -2.12. The summed E-state index contributed by atoms with van der Waals surface area (Å²) in [6.45, 7) is 2.85. The molecule has 2 aromatic rings. The molecule has 0 atom stereocenters. The third kappa shape index (κ3) is 2.56. The summed E-state index contributed by atoms with van der Waals surface area (Å²) in [7, 11) is 1.75. The van der Waals surface area contributed by atoms with Gasteiger partial charge in [0.15, 0.2) is 0 Å². The Labute approximate surface area is 119 Å². The van der Waals surface area contributed by atoms with E-state index in [0.717, 1.165) is 39.0 Å². The largest absolute Gasteiger partial charge is 0.385 e. The molecule has 4 nitrogen and oxygen atoms in total. The minimum atomic E-state index is 0.826. The molecule has 0 amide bonds. The van der Waals surface area contributed by atoms with Gasteiger partial charge in [-0.15, -0.1) is 0 Å².